The minimum Gasteiger partial charge on any atom is -0.480 e. The number of carboxylic acid groups (broad SMARTS) is 1. The number of carbonyl (C=O) groups excluding carboxylic acids is 1. The molecule has 0 atom stereocenters. The number of urea groups is 1. The third-order valence-electron chi connectivity index (χ3n) is 3.75. The number of halogens is 3. The molecular weight excluding hydrogens is 363 g/mol. The summed E-state index contributed by atoms with van der Waals surface area (Å²) < 4.78 is 36.7. The van der Waals surface area contributed by atoms with Gasteiger partial charge in [0.05, 0.1) is 13.0 Å². The van der Waals surface area contributed by atoms with Crippen LogP contribution >= 0.6 is 11.3 Å². The molecule has 12 heteroatoms. The van der Waals surface area contributed by atoms with E-state index >= 15 is 0 Å². The second kappa shape index (κ2) is 7.95. The summed E-state index contributed by atoms with van der Waals surface area (Å²) in [6.45, 7) is 2.42. The average Bonchev–Trinajstić information content (AvgIpc) is 2.84. The molecule has 0 bridgehead atoms. The first-order valence-electron chi connectivity index (χ1n) is 7.58. The van der Waals surface area contributed by atoms with E-state index in [4.69, 9.17) is 5.11 Å². The van der Waals surface area contributed by atoms with Crippen molar-refractivity contribution in [2.45, 2.75) is 44.4 Å². The van der Waals surface area contributed by atoms with Gasteiger partial charge in [0, 0.05) is 12.1 Å². The number of carbonyl (C=O) groups is 2. The zero-order valence-corrected chi connectivity index (χ0v) is 14.2. The zero-order valence-electron chi connectivity index (χ0n) is 13.3. The lowest BCUT2D eigenvalue weighted by Crippen LogP contribution is -2.55. The maximum Gasteiger partial charge on any atom is 0.395 e. The molecule has 25 heavy (non-hydrogen) atoms. The first-order chi connectivity index (χ1) is 11.7. The fourth-order valence-electron chi connectivity index (χ4n) is 2.54. The lowest BCUT2D eigenvalue weighted by atomic mass is 9.85. The molecule has 1 aromatic rings. The van der Waals surface area contributed by atoms with Crippen molar-refractivity contribution in [2.75, 3.05) is 18.4 Å². The number of rotatable bonds is 7. The van der Waals surface area contributed by atoms with Crippen molar-refractivity contribution in [1.82, 2.24) is 20.4 Å². The predicted octanol–water partition coefficient (Wildman–Crippen LogP) is 1.70. The highest BCUT2D eigenvalue weighted by atomic mass is 32.1. The Labute approximate surface area is 145 Å². The van der Waals surface area contributed by atoms with Crippen LogP contribution in [0.15, 0.2) is 0 Å². The average molecular weight is 381 g/mol. The van der Waals surface area contributed by atoms with Crippen LogP contribution in [0.2, 0.25) is 0 Å². The van der Waals surface area contributed by atoms with Gasteiger partial charge < -0.3 is 10.4 Å². The Balaban J connectivity index is 1.74. The quantitative estimate of drug-likeness (QED) is 0.664. The van der Waals surface area contributed by atoms with Gasteiger partial charge in [-0.25, -0.2) is 4.79 Å². The molecule has 1 aromatic heterocycles. The highest BCUT2D eigenvalue weighted by molar-refractivity contribution is 7.15. The van der Waals surface area contributed by atoms with Crippen LogP contribution in [0, 0.1) is 0 Å². The van der Waals surface area contributed by atoms with E-state index in [1.54, 1.807) is 0 Å². The summed E-state index contributed by atoms with van der Waals surface area (Å²) in [6.07, 6.45) is -4.33. The van der Waals surface area contributed by atoms with E-state index in [9.17, 15) is 22.8 Å². The van der Waals surface area contributed by atoms with Crippen molar-refractivity contribution < 1.29 is 27.9 Å². The second-order valence-electron chi connectivity index (χ2n) is 5.67. The number of hydrogen-bond donors (Lipinski definition) is 3. The molecule has 2 amide bonds. The number of nitrogens with one attached hydrogen (secondary N) is 2. The molecule has 0 saturated heterocycles. The molecule has 140 valence electrons. The molecule has 0 spiro atoms. The molecule has 0 aliphatic heterocycles. The highest BCUT2D eigenvalue weighted by Crippen LogP contribution is 2.27. The van der Waals surface area contributed by atoms with Crippen LogP contribution in [-0.4, -0.2) is 63.6 Å². The van der Waals surface area contributed by atoms with Gasteiger partial charge >= 0.3 is 18.2 Å². The van der Waals surface area contributed by atoms with Gasteiger partial charge in [-0.05, 0) is 19.4 Å². The maximum absolute atomic E-state index is 12.2. The Morgan fingerprint density at radius 2 is 2.04 bits per heavy atom. The van der Waals surface area contributed by atoms with Crippen LogP contribution in [0.4, 0.5) is 23.1 Å². The van der Waals surface area contributed by atoms with Crippen LogP contribution in [-0.2, 0) is 11.2 Å². The van der Waals surface area contributed by atoms with E-state index in [0.29, 0.717) is 30.7 Å². The van der Waals surface area contributed by atoms with Crippen LogP contribution in [0.1, 0.15) is 24.8 Å². The largest absolute Gasteiger partial charge is 0.480 e. The van der Waals surface area contributed by atoms with Crippen LogP contribution in [0.3, 0.4) is 0 Å². The van der Waals surface area contributed by atoms with Crippen LogP contribution in [0.25, 0.3) is 0 Å². The van der Waals surface area contributed by atoms with Gasteiger partial charge in [-0.1, -0.05) is 18.3 Å². The lowest BCUT2D eigenvalue weighted by Gasteiger charge is -2.42. The highest BCUT2D eigenvalue weighted by Gasteiger charge is 2.35. The number of carboxylic acids is 1. The maximum atomic E-state index is 12.2. The topological polar surface area (TPSA) is 107 Å². The first kappa shape index (κ1) is 19.4. The van der Waals surface area contributed by atoms with Gasteiger partial charge in [0.2, 0.25) is 5.13 Å². The first-order valence-corrected chi connectivity index (χ1v) is 8.40. The molecule has 1 aliphatic carbocycles. The summed E-state index contributed by atoms with van der Waals surface area (Å²) >= 11 is 0.669. The van der Waals surface area contributed by atoms with E-state index in [2.05, 4.69) is 20.8 Å². The van der Waals surface area contributed by atoms with Crippen LogP contribution < -0.4 is 10.6 Å². The Kier molecular flexibility index (Phi) is 6.16. The van der Waals surface area contributed by atoms with E-state index < -0.39 is 24.6 Å². The molecule has 3 N–H and O–H groups in total. The van der Waals surface area contributed by atoms with Gasteiger partial charge in [0.1, 0.15) is 5.01 Å². The Morgan fingerprint density at radius 3 is 2.60 bits per heavy atom. The van der Waals surface area contributed by atoms with E-state index in [-0.39, 0.29) is 28.8 Å². The van der Waals surface area contributed by atoms with Gasteiger partial charge in [-0.15, -0.1) is 10.2 Å². The number of aromatic nitrogens is 2. The molecule has 0 unspecified atom stereocenters. The molecular formula is C13H18F3N5O3S. The molecule has 1 saturated carbocycles. The standard InChI is InChI=1S/C13H18F3N5O3S/c1-2-21(6-10(22)23)8-3-7(4-8)17-11(24)18-12-20-19-9(25-12)5-13(14,15)16/h7-8H,2-6H2,1H3,(H,22,23)(H2,17,18,20,24). The van der Waals surface area contributed by atoms with Gasteiger partial charge in [-0.2, -0.15) is 13.2 Å². The predicted molar refractivity (Wildman–Crippen MR) is 83.5 cm³/mol. The molecule has 8 nitrogen and oxygen atoms in total. The van der Waals surface area contributed by atoms with Gasteiger partial charge in [0.25, 0.3) is 0 Å². The Bertz CT molecular complexity index is 618. The summed E-state index contributed by atoms with van der Waals surface area (Å²) in [5, 5.41) is 20.5. The molecule has 2 rings (SSSR count). The van der Waals surface area contributed by atoms with Gasteiger partial charge in [-0.3, -0.25) is 15.0 Å². The Hall–Kier alpha value is -1.95. The normalized spacial score (nSPS) is 20.2. The van der Waals surface area contributed by atoms with Crippen LogP contribution in [0.5, 0.6) is 0 Å². The minimum atomic E-state index is -4.37. The molecule has 0 aromatic carbocycles. The number of alkyl halides is 3. The third-order valence-corrected chi connectivity index (χ3v) is 4.59. The Morgan fingerprint density at radius 1 is 1.36 bits per heavy atom. The zero-order chi connectivity index (χ0) is 18.6. The smallest absolute Gasteiger partial charge is 0.395 e. The molecule has 1 fully saturated rings. The number of nitrogens with zero attached hydrogens (tertiary/aromatic N) is 3. The van der Waals surface area contributed by atoms with E-state index in [1.165, 1.54) is 0 Å². The van der Waals surface area contributed by atoms with Crippen molar-refractivity contribution in [3.05, 3.63) is 5.01 Å². The monoisotopic (exact) mass is 381 g/mol. The summed E-state index contributed by atoms with van der Waals surface area (Å²) in [5.41, 5.74) is 0. The molecule has 0 radical (unpaired) electrons. The molecule has 1 heterocycles. The lowest BCUT2D eigenvalue weighted by molar-refractivity contribution is -0.139. The summed E-state index contributed by atoms with van der Waals surface area (Å²) in [7, 11) is 0. The van der Waals surface area contributed by atoms with Crippen molar-refractivity contribution in [3.63, 3.8) is 0 Å². The van der Waals surface area contributed by atoms with E-state index in [1.807, 2.05) is 11.8 Å². The van der Waals surface area contributed by atoms with Gasteiger partial charge in [0.15, 0.2) is 0 Å². The summed E-state index contributed by atoms with van der Waals surface area (Å²) in [6, 6.07) is -0.596. The number of anilines is 1. The minimum absolute atomic E-state index is 0.00585. The van der Waals surface area contributed by atoms with Crippen molar-refractivity contribution in [3.8, 4) is 0 Å². The molecule has 1 aliphatic rings. The SMILES string of the molecule is CCN(CC(=O)O)C1CC(NC(=O)Nc2nnc(CC(F)(F)F)s2)C1. The van der Waals surface area contributed by atoms with Crippen molar-refractivity contribution in [2.24, 2.45) is 0 Å². The number of hydrogen-bond acceptors (Lipinski definition) is 6. The number of likely N-dealkylation sites (N-methyl/N-ethyl adjacent to an activating group) is 1. The number of amides is 2. The second-order valence-corrected chi connectivity index (χ2v) is 6.73. The summed E-state index contributed by atoms with van der Waals surface area (Å²) in [4.78, 5) is 24.4. The van der Waals surface area contributed by atoms with Crippen molar-refractivity contribution >= 4 is 28.5 Å². The fraction of sp³-hybridized carbons (Fsp3) is 0.692. The number of aliphatic carboxylic acids is 1. The van der Waals surface area contributed by atoms with Crippen molar-refractivity contribution in [1.29, 1.82) is 0 Å². The fourth-order valence-corrected chi connectivity index (χ4v) is 3.31. The third kappa shape index (κ3) is 6.12. The van der Waals surface area contributed by atoms with E-state index in [0.717, 1.165) is 0 Å². The summed E-state index contributed by atoms with van der Waals surface area (Å²) in [5.74, 6) is -0.901.